The fourth-order valence-corrected chi connectivity index (χ4v) is 3.91. The van der Waals surface area contributed by atoms with Crippen LogP contribution in [0.15, 0.2) is 30.3 Å². The molecule has 0 fully saturated rings. The van der Waals surface area contributed by atoms with E-state index in [1.807, 2.05) is 6.92 Å². The van der Waals surface area contributed by atoms with Gasteiger partial charge in [0.1, 0.15) is 11.3 Å². The number of hydrogen-bond acceptors (Lipinski definition) is 5. The van der Waals surface area contributed by atoms with Crippen LogP contribution in [0, 0.1) is 6.92 Å². The summed E-state index contributed by atoms with van der Waals surface area (Å²) in [5, 5.41) is 5.38. The zero-order valence-electron chi connectivity index (χ0n) is 18.0. The molecule has 0 unspecified atom stereocenters. The van der Waals surface area contributed by atoms with Crippen molar-refractivity contribution in [1.82, 2.24) is 25.2 Å². The number of carbonyl (C=O) groups excluding carboxylic acids is 3. The minimum atomic E-state index is -0.604. The summed E-state index contributed by atoms with van der Waals surface area (Å²) in [4.78, 5) is 45.2. The number of rotatable bonds is 6. The summed E-state index contributed by atoms with van der Waals surface area (Å²) in [6.07, 6.45) is 4.26. The molecule has 4 rings (SSSR count). The molecular formula is C23H26N6O3. The lowest BCUT2D eigenvalue weighted by atomic mass is 10.1. The van der Waals surface area contributed by atoms with E-state index < -0.39 is 5.91 Å². The molecule has 1 aliphatic heterocycles. The molecule has 3 aromatic rings. The molecule has 0 radical (unpaired) electrons. The van der Waals surface area contributed by atoms with Crippen molar-refractivity contribution in [2.75, 3.05) is 6.54 Å². The molecule has 9 heteroatoms. The van der Waals surface area contributed by atoms with Gasteiger partial charge in [-0.25, -0.2) is 9.97 Å². The molecule has 0 saturated heterocycles. The van der Waals surface area contributed by atoms with E-state index in [1.165, 1.54) is 6.42 Å². The lowest BCUT2D eigenvalue weighted by Crippen LogP contribution is -2.33. The molecule has 0 saturated carbocycles. The van der Waals surface area contributed by atoms with Gasteiger partial charge in [-0.2, -0.15) is 0 Å². The molecule has 0 aliphatic carbocycles. The highest BCUT2D eigenvalue weighted by atomic mass is 16.2. The number of aromatic nitrogens is 3. The Morgan fingerprint density at radius 3 is 2.56 bits per heavy atom. The Bertz CT molecular complexity index is 1180. The van der Waals surface area contributed by atoms with Crippen molar-refractivity contribution < 1.29 is 14.4 Å². The topological polar surface area (TPSA) is 132 Å². The van der Waals surface area contributed by atoms with Crippen LogP contribution in [0.3, 0.4) is 0 Å². The predicted octanol–water partition coefficient (Wildman–Crippen LogP) is 1.61. The normalized spacial score (nSPS) is 13.3. The first-order chi connectivity index (χ1) is 15.4. The first-order valence-electron chi connectivity index (χ1n) is 10.7. The average molecular weight is 435 g/mol. The van der Waals surface area contributed by atoms with E-state index in [9.17, 15) is 14.4 Å². The summed E-state index contributed by atoms with van der Waals surface area (Å²) in [5.74, 6) is -0.201. The lowest BCUT2D eigenvalue weighted by molar-refractivity contribution is -0.117. The smallest absolute Gasteiger partial charge is 0.253 e. The van der Waals surface area contributed by atoms with Crippen LogP contribution in [0.1, 0.15) is 57.1 Å². The van der Waals surface area contributed by atoms with Crippen LogP contribution >= 0.6 is 0 Å². The summed E-state index contributed by atoms with van der Waals surface area (Å²) in [5.41, 5.74) is 9.01. The van der Waals surface area contributed by atoms with Gasteiger partial charge in [0.05, 0.1) is 12.1 Å². The Morgan fingerprint density at radius 1 is 1.03 bits per heavy atom. The maximum absolute atomic E-state index is 13.0. The number of primary amides is 1. The van der Waals surface area contributed by atoms with E-state index in [4.69, 9.17) is 10.7 Å². The number of carbonyl (C=O) groups is 3. The maximum Gasteiger partial charge on any atom is 0.253 e. The van der Waals surface area contributed by atoms with Crippen molar-refractivity contribution in [3.05, 3.63) is 58.5 Å². The summed E-state index contributed by atoms with van der Waals surface area (Å²) < 4.78 is 2.15. The van der Waals surface area contributed by atoms with Crippen LogP contribution in [-0.4, -0.2) is 38.8 Å². The van der Waals surface area contributed by atoms with Gasteiger partial charge in [-0.3, -0.25) is 14.4 Å². The van der Waals surface area contributed by atoms with Gasteiger partial charge in [-0.05, 0) is 43.5 Å². The Balaban J connectivity index is 1.47. The molecule has 4 N–H and O–H groups in total. The zero-order chi connectivity index (χ0) is 22.7. The molecule has 0 atom stereocenters. The predicted molar refractivity (Wildman–Crippen MR) is 119 cm³/mol. The molecule has 3 amide bonds. The summed E-state index contributed by atoms with van der Waals surface area (Å²) in [6.45, 7) is 2.85. The first kappa shape index (κ1) is 21.5. The van der Waals surface area contributed by atoms with E-state index in [-0.39, 0.29) is 18.4 Å². The third-order valence-electron chi connectivity index (χ3n) is 5.53. The molecule has 1 aromatic carbocycles. The summed E-state index contributed by atoms with van der Waals surface area (Å²) >= 11 is 0. The molecule has 0 spiro atoms. The van der Waals surface area contributed by atoms with Gasteiger partial charge >= 0.3 is 0 Å². The van der Waals surface area contributed by atoms with E-state index in [0.29, 0.717) is 23.2 Å². The first-order valence-corrected chi connectivity index (χ1v) is 10.7. The highest BCUT2D eigenvalue weighted by Gasteiger charge is 2.20. The Kier molecular flexibility index (Phi) is 6.16. The number of nitrogens with two attached hydrogens (primary N) is 1. The Labute approximate surface area is 185 Å². The van der Waals surface area contributed by atoms with Crippen LogP contribution < -0.4 is 16.4 Å². The standard InChI is InChI=1S/C23H26N6O3/c1-14-11-17(20-21(27-14)29-10-4-2-3-5-19(29)28-20)23(32)25-12-15-6-8-16(9-7-15)22(31)26-13-18(24)30/h6-9,11H,2-5,10,12-13H2,1H3,(H2,24,30)(H,25,32)(H,26,31). The second-order valence-corrected chi connectivity index (χ2v) is 8.00. The van der Waals surface area contributed by atoms with Crippen LogP contribution in [-0.2, 0) is 24.3 Å². The average Bonchev–Trinajstić information content (AvgIpc) is 2.96. The van der Waals surface area contributed by atoms with Crippen LogP contribution in [0.4, 0.5) is 0 Å². The van der Waals surface area contributed by atoms with E-state index in [1.54, 1.807) is 30.3 Å². The lowest BCUT2D eigenvalue weighted by Gasteiger charge is -2.09. The molecule has 166 valence electrons. The minimum absolute atomic E-state index is 0.211. The van der Waals surface area contributed by atoms with Crippen molar-refractivity contribution in [3.8, 4) is 0 Å². The van der Waals surface area contributed by atoms with Crippen molar-refractivity contribution in [3.63, 3.8) is 0 Å². The largest absolute Gasteiger partial charge is 0.368 e. The molecule has 0 bridgehead atoms. The number of nitrogens with one attached hydrogen (secondary N) is 2. The summed E-state index contributed by atoms with van der Waals surface area (Å²) in [6, 6.07) is 8.56. The minimum Gasteiger partial charge on any atom is -0.368 e. The number of nitrogens with zero attached hydrogens (tertiary/aromatic N) is 3. The molecule has 3 heterocycles. The fourth-order valence-electron chi connectivity index (χ4n) is 3.91. The van der Waals surface area contributed by atoms with Gasteiger partial charge in [-0.1, -0.05) is 18.6 Å². The Morgan fingerprint density at radius 2 is 1.81 bits per heavy atom. The number of amides is 3. The van der Waals surface area contributed by atoms with Gasteiger partial charge in [0, 0.05) is 30.8 Å². The molecule has 9 nitrogen and oxygen atoms in total. The Hall–Kier alpha value is -3.75. The fraction of sp³-hybridized carbons (Fsp3) is 0.348. The van der Waals surface area contributed by atoms with Gasteiger partial charge in [0.15, 0.2) is 5.65 Å². The monoisotopic (exact) mass is 434 g/mol. The van der Waals surface area contributed by atoms with Crippen molar-refractivity contribution in [1.29, 1.82) is 0 Å². The van der Waals surface area contributed by atoms with E-state index in [0.717, 1.165) is 48.5 Å². The molecular weight excluding hydrogens is 408 g/mol. The van der Waals surface area contributed by atoms with Crippen LogP contribution in [0.25, 0.3) is 11.2 Å². The number of hydrogen-bond donors (Lipinski definition) is 3. The van der Waals surface area contributed by atoms with E-state index in [2.05, 4.69) is 20.2 Å². The quantitative estimate of drug-likeness (QED) is 0.542. The van der Waals surface area contributed by atoms with Gasteiger partial charge in [0.2, 0.25) is 5.91 Å². The van der Waals surface area contributed by atoms with Crippen molar-refractivity contribution >= 4 is 28.9 Å². The third-order valence-corrected chi connectivity index (χ3v) is 5.53. The number of benzene rings is 1. The molecule has 1 aliphatic rings. The number of aryl methyl sites for hydroxylation is 3. The number of imidazole rings is 1. The van der Waals surface area contributed by atoms with Crippen LogP contribution in [0.5, 0.6) is 0 Å². The third kappa shape index (κ3) is 4.61. The van der Waals surface area contributed by atoms with Crippen molar-refractivity contribution in [2.45, 2.75) is 45.7 Å². The zero-order valence-corrected chi connectivity index (χ0v) is 18.0. The van der Waals surface area contributed by atoms with Crippen LogP contribution in [0.2, 0.25) is 0 Å². The van der Waals surface area contributed by atoms with Gasteiger partial charge in [0.25, 0.3) is 11.8 Å². The number of fused-ring (bicyclic) bond motifs is 3. The number of pyridine rings is 1. The second-order valence-electron chi connectivity index (χ2n) is 8.00. The molecule has 32 heavy (non-hydrogen) atoms. The van der Waals surface area contributed by atoms with E-state index >= 15 is 0 Å². The summed E-state index contributed by atoms with van der Waals surface area (Å²) in [7, 11) is 0. The SMILES string of the molecule is Cc1cc(C(=O)NCc2ccc(C(=O)NCC(N)=O)cc2)c2nc3n(c2n1)CCCCC3. The van der Waals surface area contributed by atoms with Gasteiger partial charge in [-0.15, -0.1) is 0 Å². The highest BCUT2D eigenvalue weighted by Crippen LogP contribution is 2.24. The maximum atomic E-state index is 13.0. The van der Waals surface area contributed by atoms with Crippen molar-refractivity contribution in [2.24, 2.45) is 5.73 Å². The second kappa shape index (κ2) is 9.17. The molecule has 2 aromatic heterocycles. The highest BCUT2D eigenvalue weighted by molar-refractivity contribution is 6.04. The van der Waals surface area contributed by atoms with Gasteiger partial charge < -0.3 is 20.9 Å².